The number of nitrogens with two attached hydrogens (primary N) is 1. The number of aliphatic hydroxyl groups excluding tert-OH is 1. The van der Waals surface area contributed by atoms with Gasteiger partial charge in [0.25, 0.3) is 0 Å². The fourth-order valence-corrected chi connectivity index (χ4v) is 1.36. The van der Waals surface area contributed by atoms with Gasteiger partial charge >= 0.3 is 6.09 Å². The first-order chi connectivity index (χ1) is 5.15. The molecule has 0 spiro atoms. The highest BCUT2D eigenvalue weighted by atomic mass is 35.5. The zero-order chi connectivity index (χ0) is 8.43. The Hall–Kier alpha value is -0.520. The molecule has 1 aliphatic rings. The number of likely N-dealkylation sites (tertiary alicyclic amines) is 1. The standard InChI is InChI=1S/C6H12N2O3.ClH/c7-4-1-5(3-9)8(2-4)6(10)11;/h4-5,9H,1-3,7H2,(H,10,11);1H/t4-,5-;/m1./s1. The Morgan fingerprint density at radius 2 is 2.25 bits per heavy atom. The zero-order valence-corrected chi connectivity index (χ0v) is 7.33. The van der Waals surface area contributed by atoms with Crippen molar-refractivity contribution in [2.24, 2.45) is 5.73 Å². The van der Waals surface area contributed by atoms with Crippen LogP contribution < -0.4 is 5.73 Å². The molecule has 4 N–H and O–H groups in total. The van der Waals surface area contributed by atoms with Crippen LogP contribution in [0.3, 0.4) is 0 Å². The number of nitrogens with zero attached hydrogens (tertiary/aromatic N) is 1. The average Bonchev–Trinajstić information content (AvgIpc) is 2.30. The maximum Gasteiger partial charge on any atom is 0.407 e. The Labute approximate surface area is 76.6 Å². The molecule has 0 aromatic carbocycles. The quantitative estimate of drug-likeness (QED) is 0.527. The summed E-state index contributed by atoms with van der Waals surface area (Å²) in [5.41, 5.74) is 5.51. The lowest BCUT2D eigenvalue weighted by molar-refractivity contribution is 0.118. The summed E-state index contributed by atoms with van der Waals surface area (Å²) in [5.74, 6) is 0. The molecule has 2 atom stereocenters. The molecule has 1 heterocycles. The highest BCUT2D eigenvalue weighted by Crippen LogP contribution is 2.15. The molecule has 1 saturated heterocycles. The Kier molecular flexibility index (Phi) is 4.30. The molecule has 0 aromatic rings. The van der Waals surface area contributed by atoms with E-state index < -0.39 is 6.09 Å². The Morgan fingerprint density at radius 1 is 1.67 bits per heavy atom. The largest absolute Gasteiger partial charge is 0.465 e. The summed E-state index contributed by atoms with van der Waals surface area (Å²) in [6.07, 6.45) is -0.444. The van der Waals surface area contributed by atoms with Gasteiger partial charge < -0.3 is 20.8 Å². The van der Waals surface area contributed by atoms with Gasteiger partial charge in [0.1, 0.15) is 0 Å². The van der Waals surface area contributed by atoms with Gasteiger partial charge in [-0.15, -0.1) is 12.4 Å². The van der Waals surface area contributed by atoms with Crippen LogP contribution in [-0.2, 0) is 0 Å². The van der Waals surface area contributed by atoms with Crippen molar-refractivity contribution >= 4 is 18.5 Å². The molecular formula is C6H13ClN2O3. The van der Waals surface area contributed by atoms with Crippen molar-refractivity contribution in [2.75, 3.05) is 13.2 Å². The summed E-state index contributed by atoms with van der Waals surface area (Å²) in [6, 6.07) is -0.425. The van der Waals surface area contributed by atoms with Crippen LogP contribution in [0.1, 0.15) is 6.42 Å². The molecule has 0 radical (unpaired) electrons. The van der Waals surface area contributed by atoms with E-state index in [9.17, 15) is 4.79 Å². The van der Waals surface area contributed by atoms with E-state index in [0.717, 1.165) is 0 Å². The van der Waals surface area contributed by atoms with Crippen LogP contribution in [0.2, 0.25) is 0 Å². The van der Waals surface area contributed by atoms with Crippen LogP contribution in [-0.4, -0.2) is 46.4 Å². The summed E-state index contributed by atoms with van der Waals surface area (Å²) in [6.45, 7) is 0.195. The van der Waals surface area contributed by atoms with Gasteiger partial charge in [0.2, 0.25) is 0 Å². The fourth-order valence-electron chi connectivity index (χ4n) is 1.36. The van der Waals surface area contributed by atoms with Gasteiger partial charge in [-0.2, -0.15) is 0 Å². The molecular weight excluding hydrogens is 184 g/mol. The van der Waals surface area contributed by atoms with Crippen molar-refractivity contribution in [3.05, 3.63) is 0 Å². The molecule has 0 aliphatic carbocycles. The number of amides is 1. The number of rotatable bonds is 1. The minimum Gasteiger partial charge on any atom is -0.465 e. The predicted octanol–water partition coefficient (Wildman–Crippen LogP) is -0.520. The first kappa shape index (κ1) is 11.5. The summed E-state index contributed by atoms with van der Waals surface area (Å²) < 4.78 is 0. The molecule has 6 heteroatoms. The number of aliphatic hydroxyl groups is 1. The highest BCUT2D eigenvalue weighted by Gasteiger charge is 2.32. The SMILES string of the molecule is Cl.N[C@@H]1C[C@H](CO)N(C(=O)O)C1. The fraction of sp³-hybridized carbons (Fsp3) is 0.833. The molecule has 1 rings (SSSR count). The third-order valence-corrected chi connectivity index (χ3v) is 1.90. The minimum atomic E-state index is -1.00. The molecule has 12 heavy (non-hydrogen) atoms. The first-order valence-electron chi connectivity index (χ1n) is 3.51. The van der Waals surface area contributed by atoms with Crippen molar-refractivity contribution < 1.29 is 15.0 Å². The van der Waals surface area contributed by atoms with Crippen molar-refractivity contribution in [3.63, 3.8) is 0 Å². The molecule has 5 nitrogen and oxygen atoms in total. The lowest BCUT2D eigenvalue weighted by Gasteiger charge is -2.18. The van der Waals surface area contributed by atoms with E-state index in [1.165, 1.54) is 4.90 Å². The normalized spacial score (nSPS) is 28.3. The lowest BCUT2D eigenvalue weighted by atomic mass is 10.2. The van der Waals surface area contributed by atoms with Crippen LogP contribution in [0.25, 0.3) is 0 Å². The molecule has 1 fully saturated rings. The van der Waals surface area contributed by atoms with E-state index in [2.05, 4.69) is 0 Å². The van der Waals surface area contributed by atoms with Gasteiger partial charge in [0.15, 0.2) is 0 Å². The van der Waals surface area contributed by atoms with Crippen LogP contribution >= 0.6 is 12.4 Å². The van der Waals surface area contributed by atoms with E-state index in [4.69, 9.17) is 15.9 Å². The Balaban J connectivity index is 0.00000121. The number of halogens is 1. The number of carboxylic acid groups (broad SMARTS) is 1. The van der Waals surface area contributed by atoms with Gasteiger partial charge in [-0.05, 0) is 6.42 Å². The number of carbonyl (C=O) groups is 1. The summed E-state index contributed by atoms with van der Waals surface area (Å²) in [7, 11) is 0. The monoisotopic (exact) mass is 196 g/mol. The second kappa shape index (κ2) is 4.49. The van der Waals surface area contributed by atoms with Crippen molar-refractivity contribution in [3.8, 4) is 0 Å². The van der Waals surface area contributed by atoms with Crippen LogP contribution in [0.15, 0.2) is 0 Å². The number of hydrogen-bond donors (Lipinski definition) is 3. The third-order valence-electron chi connectivity index (χ3n) is 1.90. The van der Waals surface area contributed by atoms with Crippen molar-refractivity contribution in [1.29, 1.82) is 0 Å². The van der Waals surface area contributed by atoms with Crippen LogP contribution in [0.4, 0.5) is 4.79 Å². The minimum absolute atomic E-state index is 0. The molecule has 72 valence electrons. The topological polar surface area (TPSA) is 86.8 Å². The molecule has 1 aliphatic heterocycles. The van der Waals surface area contributed by atoms with Gasteiger partial charge in [0.05, 0.1) is 12.6 Å². The average molecular weight is 197 g/mol. The maximum atomic E-state index is 10.5. The van der Waals surface area contributed by atoms with Crippen molar-refractivity contribution in [1.82, 2.24) is 4.90 Å². The zero-order valence-electron chi connectivity index (χ0n) is 6.51. The molecule has 0 aromatic heterocycles. The second-order valence-corrected chi connectivity index (χ2v) is 2.77. The van der Waals surface area contributed by atoms with E-state index in [-0.39, 0.29) is 31.1 Å². The van der Waals surface area contributed by atoms with E-state index in [0.29, 0.717) is 13.0 Å². The third kappa shape index (κ3) is 2.23. The summed E-state index contributed by atoms with van der Waals surface area (Å²) in [4.78, 5) is 11.7. The molecule has 0 bridgehead atoms. The summed E-state index contributed by atoms with van der Waals surface area (Å²) in [5, 5.41) is 17.3. The van der Waals surface area contributed by atoms with E-state index >= 15 is 0 Å². The Morgan fingerprint density at radius 3 is 2.58 bits per heavy atom. The van der Waals surface area contributed by atoms with Gasteiger partial charge in [-0.25, -0.2) is 4.79 Å². The van der Waals surface area contributed by atoms with Gasteiger partial charge in [0, 0.05) is 12.6 Å². The second-order valence-electron chi connectivity index (χ2n) is 2.77. The molecule has 1 amide bonds. The highest BCUT2D eigenvalue weighted by molar-refractivity contribution is 5.85. The summed E-state index contributed by atoms with van der Waals surface area (Å²) >= 11 is 0. The van der Waals surface area contributed by atoms with Crippen molar-refractivity contribution in [2.45, 2.75) is 18.5 Å². The van der Waals surface area contributed by atoms with Crippen LogP contribution in [0, 0.1) is 0 Å². The Bertz CT molecular complexity index is 167. The van der Waals surface area contributed by atoms with Crippen LogP contribution in [0.5, 0.6) is 0 Å². The smallest absolute Gasteiger partial charge is 0.407 e. The van der Waals surface area contributed by atoms with E-state index in [1.807, 2.05) is 0 Å². The number of hydrogen-bond acceptors (Lipinski definition) is 3. The molecule has 0 saturated carbocycles. The lowest BCUT2D eigenvalue weighted by Crippen LogP contribution is -2.37. The predicted molar refractivity (Wildman–Crippen MR) is 45.4 cm³/mol. The molecule has 0 unspecified atom stereocenters. The van der Waals surface area contributed by atoms with Gasteiger partial charge in [-0.3, -0.25) is 0 Å². The first-order valence-corrected chi connectivity index (χ1v) is 3.51. The van der Waals surface area contributed by atoms with Gasteiger partial charge in [-0.1, -0.05) is 0 Å². The maximum absolute atomic E-state index is 10.5. The van der Waals surface area contributed by atoms with E-state index in [1.54, 1.807) is 0 Å².